The molecule has 72 valence electrons. The molecule has 0 atom stereocenters. The average Bonchev–Trinajstić information content (AvgIpc) is 2.04. The molecule has 3 heteroatoms. The van der Waals surface area contributed by atoms with E-state index in [4.69, 9.17) is 5.11 Å². The lowest BCUT2D eigenvalue weighted by atomic mass is 10.2. The number of amides is 1. The lowest BCUT2D eigenvalue weighted by molar-refractivity contribution is -0.123. The fourth-order valence-corrected chi connectivity index (χ4v) is 0.183. The van der Waals surface area contributed by atoms with Gasteiger partial charge in [0.05, 0.1) is 0 Å². The van der Waals surface area contributed by atoms with Crippen molar-refractivity contribution >= 4 is 5.91 Å². The summed E-state index contributed by atoms with van der Waals surface area (Å²) in [6.45, 7) is 7.54. The van der Waals surface area contributed by atoms with Crippen molar-refractivity contribution in [3.63, 3.8) is 0 Å². The zero-order chi connectivity index (χ0) is 10.1. The number of carbonyl (C=O) groups excluding carboxylic acids is 1. The summed E-state index contributed by atoms with van der Waals surface area (Å²) in [7, 11) is 3.37. The third-order valence-electron chi connectivity index (χ3n) is 0.981. The van der Waals surface area contributed by atoms with Crippen molar-refractivity contribution < 1.29 is 9.90 Å². The quantitative estimate of drug-likeness (QED) is 0.630. The lowest BCUT2D eigenvalue weighted by Gasteiger charge is -2.03. The third kappa shape index (κ3) is 11.9. The zero-order valence-corrected chi connectivity index (χ0v) is 8.37. The molecular weight excluding hydrogens is 154 g/mol. The highest BCUT2D eigenvalue weighted by Gasteiger charge is 1.91. The number of likely N-dealkylation sites (N-methyl/N-ethyl adjacent to an activating group) is 1. The molecule has 0 fully saturated rings. The Morgan fingerprint density at radius 1 is 1.58 bits per heavy atom. The Bertz CT molecular complexity index is 130. The highest BCUT2D eigenvalue weighted by atomic mass is 16.3. The van der Waals surface area contributed by atoms with Crippen LogP contribution >= 0.6 is 0 Å². The maximum atomic E-state index is 10.3. The fourth-order valence-electron chi connectivity index (χ4n) is 0.183. The minimum Gasteiger partial charge on any atom is -0.396 e. The molecule has 0 saturated carbocycles. The van der Waals surface area contributed by atoms with E-state index in [-0.39, 0.29) is 5.91 Å². The van der Waals surface area contributed by atoms with Crippen LogP contribution in [0, 0.1) is 5.92 Å². The SMILES string of the molecule is C=CC(=O)N(C)C.CC(C)CO. The standard InChI is InChI=1S/C5H9NO.C4H10O/c1-4-5(7)6(2)3;1-4(2)3-5/h4H,1H2,2-3H3;4-5H,3H2,1-2H3. The molecule has 0 unspecified atom stereocenters. The number of rotatable bonds is 2. The van der Waals surface area contributed by atoms with Gasteiger partial charge in [0.2, 0.25) is 5.91 Å². The van der Waals surface area contributed by atoms with E-state index in [1.54, 1.807) is 14.1 Å². The molecule has 0 aromatic heterocycles. The summed E-state index contributed by atoms with van der Waals surface area (Å²) in [5, 5.41) is 8.14. The van der Waals surface area contributed by atoms with Gasteiger partial charge in [-0.3, -0.25) is 4.79 Å². The van der Waals surface area contributed by atoms with Crippen molar-refractivity contribution in [3.05, 3.63) is 12.7 Å². The van der Waals surface area contributed by atoms with Gasteiger partial charge in [-0.2, -0.15) is 0 Å². The summed E-state index contributed by atoms with van der Waals surface area (Å²) >= 11 is 0. The van der Waals surface area contributed by atoms with Crippen LogP contribution in [0.2, 0.25) is 0 Å². The van der Waals surface area contributed by atoms with E-state index < -0.39 is 0 Å². The number of nitrogens with zero attached hydrogens (tertiary/aromatic N) is 1. The van der Waals surface area contributed by atoms with Crippen molar-refractivity contribution in [2.45, 2.75) is 13.8 Å². The monoisotopic (exact) mass is 173 g/mol. The van der Waals surface area contributed by atoms with E-state index in [0.29, 0.717) is 12.5 Å². The van der Waals surface area contributed by atoms with Gasteiger partial charge in [0.15, 0.2) is 0 Å². The van der Waals surface area contributed by atoms with Crippen LogP contribution in [0.15, 0.2) is 12.7 Å². The molecule has 0 aliphatic carbocycles. The van der Waals surface area contributed by atoms with Crippen LogP contribution in [-0.2, 0) is 4.79 Å². The molecule has 0 bridgehead atoms. The van der Waals surface area contributed by atoms with E-state index in [9.17, 15) is 4.79 Å². The Labute approximate surface area is 74.7 Å². The summed E-state index contributed by atoms with van der Waals surface area (Å²) in [4.78, 5) is 11.8. The van der Waals surface area contributed by atoms with Gasteiger partial charge in [0.1, 0.15) is 0 Å². The molecule has 0 aromatic rings. The van der Waals surface area contributed by atoms with E-state index in [1.165, 1.54) is 11.0 Å². The van der Waals surface area contributed by atoms with Crippen LogP contribution in [-0.4, -0.2) is 36.6 Å². The van der Waals surface area contributed by atoms with Crippen LogP contribution in [0.3, 0.4) is 0 Å². The zero-order valence-electron chi connectivity index (χ0n) is 8.37. The minimum atomic E-state index is -0.0556. The Balaban J connectivity index is 0. The molecule has 0 aromatic carbocycles. The van der Waals surface area contributed by atoms with Gasteiger partial charge in [0, 0.05) is 20.7 Å². The molecule has 0 rings (SSSR count). The van der Waals surface area contributed by atoms with Crippen LogP contribution in [0.4, 0.5) is 0 Å². The van der Waals surface area contributed by atoms with Crippen LogP contribution in [0.5, 0.6) is 0 Å². The van der Waals surface area contributed by atoms with Crippen molar-refractivity contribution in [2.24, 2.45) is 5.92 Å². The first-order valence-electron chi connectivity index (χ1n) is 3.90. The van der Waals surface area contributed by atoms with Gasteiger partial charge in [-0.25, -0.2) is 0 Å². The first kappa shape index (κ1) is 13.7. The number of hydrogen-bond acceptors (Lipinski definition) is 2. The maximum Gasteiger partial charge on any atom is 0.245 e. The highest BCUT2D eigenvalue weighted by Crippen LogP contribution is 1.83. The number of hydrogen-bond donors (Lipinski definition) is 1. The first-order chi connectivity index (χ1) is 5.45. The number of aliphatic hydroxyl groups excluding tert-OH is 1. The summed E-state index contributed by atoms with van der Waals surface area (Å²) in [5.41, 5.74) is 0. The molecule has 1 N–H and O–H groups in total. The predicted octanol–water partition coefficient (Wildman–Crippen LogP) is 0.895. The molecular formula is C9H19NO2. The molecule has 0 saturated heterocycles. The summed E-state index contributed by atoms with van der Waals surface area (Å²) in [5.74, 6) is 0.384. The van der Waals surface area contributed by atoms with Crippen molar-refractivity contribution in [1.82, 2.24) is 4.90 Å². The smallest absolute Gasteiger partial charge is 0.245 e. The average molecular weight is 173 g/mol. The van der Waals surface area contributed by atoms with Crippen molar-refractivity contribution in [2.75, 3.05) is 20.7 Å². The molecule has 1 amide bonds. The Morgan fingerprint density at radius 2 is 1.92 bits per heavy atom. The number of aliphatic hydroxyl groups is 1. The second-order valence-corrected chi connectivity index (χ2v) is 3.01. The number of carbonyl (C=O) groups is 1. The third-order valence-corrected chi connectivity index (χ3v) is 0.981. The summed E-state index contributed by atoms with van der Waals surface area (Å²) in [6.07, 6.45) is 1.28. The molecule has 0 heterocycles. The topological polar surface area (TPSA) is 40.5 Å². The van der Waals surface area contributed by atoms with E-state index >= 15 is 0 Å². The van der Waals surface area contributed by atoms with E-state index in [1.807, 2.05) is 13.8 Å². The predicted molar refractivity (Wildman–Crippen MR) is 50.8 cm³/mol. The molecule has 3 nitrogen and oxygen atoms in total. The van der Waals surface area contributed by atoms with Crippen molar-refractivity contribution in [1.29, 1.82) is 0 Å². The van der Waals surface area contributed by atoms with Crippen LogP contribution in [0.1, 0.15) is 13.8 Å². The largest absolute Gasteiger partial charge is 0.396 e. The first-order valence-corrected chi connectivity index (χ1v) is 3.90. The molecule has 0 aliphatic heterocycles. The Kier molecular flexibility index (Phi) is 9.47. The van der Waals surface area contributed by atoms with Gasteiger partial charge in [-0.05, 0) is 12.0 Å². The highest BCUT2D eigenvalue weighted by molar-refractivity contribution is 5.86. The lowest BCUT2D eigenvalue weighted by Crippen LogP contribution is -2.18. The summed E-state index contributed by atoms with van der Waals surface area (Å²) < 4.78 is 0. The van der Waals surface area contributed by atoms with Gasteiger partial charge in [-0.15, -0.1) is 0 Å². The van der Waals surface area contributed by atoms with Gasteiger partial charge in [0.25, 0.3) is 0 Å². The molecule has 0 spiro atoms. The van der Waals surface area contributed by atoms with Crippen LogP contribution in [0.25, 0.3) is 0 Å². The molecule has 0 radical (unpaired) electrons. The fraction of sp³-hybridized carbons (Fsp3) is 0.667. The van der Waals surface area contributed by atoms with Crippen LogP contribution < -0.4 is 0 Å². The van der Waals surface area contributed by atoms with E-state index in [0.717, 1.165) is 0 Å². The summed E-state index contributed by atoms with van der Waals surface area (Å²) in [6, 6.07) is 0. The second-order valence-electron chi connectivity index (χ2n) is 3.01. The minimum absolute atomic E-state index is 0.0556. The van der Waals surface area contributed by atoms with E-state index in [2.05, 4.69) is 6.58 Å². The van der Waals surface area contributed by atoms with Gasteiger partial charge < -0.3 is 10.0 Å². The normalized spacial score (nSPS) is 8.50. The maximum absolute atomic E-state index is 10.3. The van der Waals surface area contributed by atoms with Crippen molar-refractivity contribution in [3.8, 4) is 0 Å². The van der Waals surface area contributed by atoms with Gasteiger partial charge >= 0.3 is 0 Å². The Morgan fingerprint density at radius 3 is 1.92 bits per heavy atom. The second kappa shape index (κ2) is 8.27. The van der Waals surface area contributed by atoms with Gasteiger partial charge in [-0.1, -0.05) is 20.4 Å². The molecule has 12 heavy (non-hydrogen) atoms. The Hall–Kier alpha value is -0.830. The molecule has 0 aliphatic rings.